The highest BCUT2D eigenvalue weighted by atomic mass is 16.1. The zero-order valence-corrected chi connectivity index (χ0v) is 7.68. The number of hydrogen-bond acceptors (Lipinski definition) is 1. The molecule has 1 rings (SSSR count). The molecule has 0 saturated carbocycles. The highest BCUT2D eigenvalue weighted by Crippen LogP contribution is 2.18. The van der Waals surface area contributed by atoms with E-state index in [4.69, 9.17) is 0 Å². The van der Waals surface area contributed by atoms with Gasteiger partial charge in [0.25, 0.3) is 0 Å². The van der Waals surface area contributed by atoms with Gasteiger partial charge in [0.1, 0.15) is 0 Å². The van der Waals surface area contributed by atoms with Crippen LogP contribution in [-0.4, -0.2) is 5.78 Å². The lowest BCUT2D eigenvalue weighted by Gasteiger charge is -2.08. The molecule has 0 aliphatic heterocycles. The molecule has 12 heavy (non-hydrogen) atoms. The van der Waals surface area contributed by atoms with Crippen LogP contribution in [0, 0.1) is 0 Å². The highest BCUT2D eigenvalue weighted by molar-refractivity contribution is 6.03. The van der Waals surface area contributed by atoms with Gasteiger partial charge in [0.05, 0.1) is 0 Å². The summed E-state index contributed by atoms with van der Waals surface area (Å²) in [4.78, 5) is 11.4. The monoisotopic (exact) mass is 164 g/mol. The average Bonchev–Trinajstić information content (AvgIpc) is 2.15. The van der Waals surface area contributed by atoms with Crippen molar-refractivity contribution in [1.82, 2.24) is 0 Å². The second-order valence-electron chi connectivity index (χ2n) is 3.15. The van der Waals surface area contributed by atoms with Crippen LogP contribution in [0.15, 0.2) is 23.8 Å². The number of rotatable bonds is 3. The first-order valence-corrected chi connectivity index (χ1v) is 4.74. The van der Waals surface area contributed by atoms with Gasteiger partial charge >= 0.3 is 0 Å². The van der Waals surface area contributed by atoms with E-state index in [1.54, 1.807) is 6.08 Å². The van der Waals surface area contributed by atoms with Crippen LogP contribution < -0.4 is 0 Å². The molecule has 0 atom stereocenters. The van der Waals surface area contributed by atoms with Crippen molar-refractivity contribution in [2.45, 2.75) is 39.0 Å². The van der Waals surface area contributed by atoms with E-state index >= 15 is 0 Å². The van der Waals surface area contributed by atoms with Crippen molar-refractivity contribution in [2.75, 3.05) is 0 Å². The largest absolute Gasteiger partial charge is 0.290 e. The summed E-state index contributed by atoms with van der Waals surface area (Å²) >= 11 is 0. The van der Waals surface area contributed by atoms with E-state index in [1.165, 1.54) is 12.8 Å². The van der Waals surface area contributed by atoms with Crippen molar-refractivity contribution in [3.05, 3.63) is 23.8 Å². The van der Waals surface area contributed by atoms with Gasteiger partial charge in [-0.1, -0.05) is 19.1 Å². The topological polar surface area (TPSA) is 17.1 Å². The van der Waals surface area contributed by atoms with E-state index < -0.39 is 0 Å². The Morgan fingerprint density at radius 3 is 3.00 bits per heavy atom. The number of allylic oxidation sites excluding steroid dienone is 4. The molecule has 0 radical (unpaired) electrons. The van der Waals surface area contributed by atoms with Gasteiger partial charge in [-0.2, -0.15) is 0 Å². The first-order chi connectivity index (χ1) is 5.84. The summed E-state index contributed by atoms with van der Waals surface area (Å²) in [6, 6.07) is 0. The maximum absolute atomic E-state index is 11.4. The van der Waals surface area contributed by atoms with E-state index in [1.807, 2.05) is 13.0 Å². The molecular weight excluding hydrogens is 148 g/mol. The molecule has 0 aromatic carbocycles. The highest BCUT2D eigenvalue weighted by Gasteiger charge is 2.08. The van der Waals surface area contributed by atoms with Gasteiger partial charge < -0.3 is 0 Å². The second kappa shape index (κ2) is 4.91. The van der Waals surface area contributed by atoms with Gasteiger partial charge in [0.15, 0.2) is 5.78 Å². The summed E-state index contributed by atoms with van der Waals surface area (Å²) in [6.45, 7) is 2.04. The summed E-state index contributed by atoms with van der Waals surface area (Å²) < 4.78 is 0. The Balaban J connectivity index is 2.51. The van der Waals surface area contributed by atoms with Gasteiger partial charge in [0.2, 0.25) is 0 Å². The van der Waals surface area contributed by atoms with Crippen molar-refractivity contribution in [3.8, 4) is 0 Å². The summed E-state index contributed by atoms with van der Waals surface area (Å²) in [5, 5.41) is 0. The van der Waals surface area contributed by atoms with Crippen molar-refractivity contribution in [1.29, 1.82) is 0 Å². The fraction of sp³-hybridized carbons (Fsp3) is 0.545. The minimum atomic E-state index is 0.219. The lowest BCUT2D eigenvalue weighted by molar-refractivity contribution is -0.111. The van der Waals surface area contributed by atoms with Crippen LogP contribution >= 0.6 is 0 Å². The van der Waals surface area contributed by atoms with E-state index in [-0.39, 0.29) is 5.78 Å². The summed E-state index contributed by atoms with van der Waals surface area (Å²) in [7, 11) is 0. The van der Waals surface area contributed by atoms with E-state index in [9.17, 15) is 4.79 Å². The first kappa shape index (κ1) is 9.24. The van der Waals surface area contributed by atoms with Crippen molar-refractivity contribution < 1.29 is 4.79 Å². The van der Waals surface area contributed by atoms with Crippen LogP contribution in [0.25, 0.3) is 0 Å². The van der Waals surface area contributed by atoms with Crippen LogP contribution in [0.2, 0.25) is 0 Å². The minimum absolute atomic E-state index is 0.219. The third kappa shape index (κ3) is 2.65. The lowest BCUT2D eigenvalue weighted by atomic mass is 9.96. The number of carbonyl (C=O) groups excluding carboxylic acids is 1. The molecule has 1 heteroatoms. The fourth-order valence-corrected chi connectivity index (χ4v) is 1.39. The molecule has 0 saturated heterocycles. The predicted octanol–water partition coefficient (Wildman–Crippen LogP) is 3.02. The predicted molar refractivity (Wildman–Crippen MR) is 51.0 cm³/mol. The molecule has 0 spiro atoms. The lowest BCUT2D eigenvalue weighted by Crippen LogP contribution is -2.02. The van der Waals surface area contributed by atoms with Crippen LogP contribution in [-0.2, 0) is 4.79 Å². The molecule has 0 amide bonds. The summed E-state index contributed by atoms with van der Waals surface area (Å²) in [5.74, 6) is 0.219. The molecule has 1 nitrogen and oxygen atoms in total. The van der Waals surface area contributed by atoms with Crippen LogP contribution in [0.1, 0.15) is 39.0 Å². The maximum Gasteiger partial charge on any atom is 0.181 e. The first-order valence-electron chi connectivity index (χ1n) is 4.74. The maximum atomic E-state index is 11.4. The summed E-state index contributed by atoms with van der Waals surface area (Å²) in [6.07, 6.45) is 11.2. The average molecular weight is 164 g/mol. The Morgan fingerprint density at radius 1 is 1.58 bits per heavy atom. The fourth-order valence-electron chi connectivity index (χ4n) is 1.39. The summed E-state index contributed by atoms with van der Waals surface area (Å²) in [5.41, 5.74) is 1.02. The second-order valence-corrected chi connectivity index (χ2v) is 3.15. The quantitative estimate of drug-likeness (QED) is 0.586. The van der Waals surface area contributed by atoms with E-state index in [2.05, 4.69) is 6.08 Å². The minimum Gasteiger partial charge on any atom is -0.290 e. The smallest absolute Gasteiger partial charge is 0.181 e. The molecule has 0 fully saturated rings. The van der Waals surface area contributed by atoms with Gasteiger partial charge in [-0.3, -0.25) is 4.79 Å². The van der Waals surface area contributed by atoms with E-state index in [0.29, 0.717) is 0 Å². The Kier molecular flexibility index (Phi) is 3.78. The molecular formula is C11H16O. The van der Waals surface area contributed by atoms with Crippen molar-refractivity contribution in [3.63, 3.8) is 0 Å². The van der Waals surface area contributed by atoms with Crippen LogP contribution in [0.3, 0.4) is 0 Å². The molecule has 0 N–H and O–H groups in total. The van der Waals surface area contributed by atoms with Crippen molar-refractivity contribution >= 4 is 5.78 Å². The van der Waals surface area contributed by atoms with Crippen LogP contribution in [0.4, 0.5) is 0 Å². The van der Waals surface area contributed by atoms with Gasteiger partial charge in [-0.05, 0) is 43.8 Å². The third-order valence-electron chi connectivity index (χ3n) is 2.11. The number of ketones is 1. The molecule has 0 aromatic rings. The standard InChI is InChI=1S/C11H16O/c1-2-3-9-11(12)10-7-5-4-6-8-10/h3,7,9H,2,4-6,8H2,1H3/b9-3+. The van der Waals surface area contributed by atoms with Gasteiger partial charge in [0, 0.05) is 0 Å². The Hall–Kier alpha value is -0.850. The number of hydrogen-bond donors (Lipinski definition) is 0. The molecule has 1 aliphatic carbocycles. The Bertz CT molecular complexity index is 211. The molecule has 1 aliphatic rings. The molecule has 0 heterocycles. The molecule has 0 unspecified atom stereocenters. The van der Waals surface area contributed by atoms with Crippen molar-refractivity contribution in [2.24, 2.45) is 0 Å². The number of carbonyl (C=O) groups is 1. The Labute approximate surface area is 74.2 Å². The zero-order chi connectivity index (χ0) is 8.81. The normalized spacial score (nSPS) is 17.9. The molecule has 0 bridgehead atoms. The van der Waals surface area contributed by atoms with Gasteiger partial charge in [-0.15, -0.1) is 0 Å². The molecule has 0 aromatic heterocycles. The van der Waals surface area contributed by atoms with E-state index in [0.717, 1.165) is 24.8 Å². The van der Waals surface area contributed by atoms with Gasteiger partial charge in [-0.25, -0.2) is 0 Å². The SMILES string of the molecule is CC/C=C/C(=O)C1=CCCCC1. The zero-order valence-electron chi connectivity index (χ0n) is 7.68. The third-order valence-corrected chi connectivity index (χ3v) is 2.11. The Morgan fingerprint density at radius 2 is 2.42 bits per heavy atom. The van der Waals surface area contributed by atoms with Crippen LogP contribution in [0.5, 0.6) is 0 Å². The molecule has 66 valence electrons.